The number of nitrogens with one attached hydrogen (secondary N) is 1. The fourth-order valence-electron chi connectivity index (χ4n) is 1.64. The number of carbonyl (C=O) groups is 2. The van der Waals surface area contributed by atoms with Gasteiger partial charge < -0.3 is 14.8 Å². The number of amides is 1. The Morgan fingerprint density at radius 3 is 2.88 bits per heavy atom. The van der Waals surface area contributed by atoms with Crippen LogP contribution in [0.15, 0.2) is 34.7 Å². The van der Waals surface area contributed by atoms with Crippen LogP contribution in [-0.4, -0.2) is 23.5 Å². The van der Waals surface area contributed by atoms with E-state index in [0.29, 0.717) is 17.8 Å². The summed E-state index contributed by atoms with van der Waals surface area (Å²) in [6.07, 6.45) is 0.504. The summed E-state index contributed by atoms with van der Waals surface area (Å²) in [5, 5.41) is 12.0. The van der Waals surface area contributed by atoms with E-state index < -0.39 is 12.0 Å². The van der Waals surface area contributed by atoms with Gasteiger partial charge in [0.05, 0.1) is 0 Å². The molecule has 1 aromatic heterocycles. The minimum Gasteiger partial charge on any atom is -0.480 e. The second-order valence-electron chi connectivity index (χ2n) is 3.63. The van der Waals surface area contributed by atoms with E-state index >= 15 is 0 Å². The standard InChI is InChI=1S/C12H11NO4/c14-7-13-10(12(15)16)6-9-5-8-3-1-2-4-11(8)17-9/h1-5,7,10H,6H2,(H,13,14)(H,15,16). The van der Waals surface area contributed by atoms with Gasteiger partial charge in [0.1, 0.15) is 17.4 Å². The Balaban J connectivity index is 2.21. The van der Waals surface area contributed by atoms with Crippen molar-refractivity contribution in [3.05, 3.63) is 36.1 Å². The molecule has 0 aliphatic heterocycles. The first kappa shape index (κ1) is 11.2. The summed E-state index contributed by atoms with van der Waals surface area (Å²) < 4.78 is 5.48. The van der Waals surface area contributed by atoms with Gasteiger partial charge in [-0.25, -0.2) is 4.79 Å². The zero-order valence-corrected chi connectivity index (χ0v) is 8.92. The smallest absolute Gasteiger partial charge is 0.326 e. The third-order valence-electron chi connectivity index (χ3n) is 2.45. The van der Waals surface area contributed by atoms with Crippen LogP contribution in [-0.2, 0) is 16.0 Å². The van der Waals surface area contributed by atoms with E-state index in [9.17, 15) is 9.59 Å². The van der Waals surface area contributed by atoms with E-state index in [4.69, 9.17) is 9.52 Å². The molecule has 0 aliphatic carbocycles. The largest absolute Gasteiger partial charge is 0.480 e. The molecule has 1 aromatic carbocycles. The molecule has 1 atom stereocenters. The maximum Gasteiger partial charge on any atom is 0.326 e. The second-order valence-corrected chi connectivity index (χ2v) is 3.63. The molecule has 0 fully saturated rings. The van der Waals surface area contributed by atoms with Gasteiger partial charge in [-0.05, 0) is 12.1 Å². The van der Waals surface area contributed by atoms with Gasteiger partial charge in [-0.3, -0.25) is 4.79 Å². The normalized spacial score (nSPS) is 12.2. The van der Waals surface area contributed by atoms with E-state index in [1.807, 2.05) is 24.3 Å². The topological polar surface area (TPSA) is 79.5 Å². The molecule has 1 heterocycles. The van der Waals surface area contributed by atoms with Crippen LogP contribution in [0.1, 0.15) is 5.76 Å². The van der Waals surface area contributed by atoms with E-state index in [-0.39, 0.29) is 6.42 Å². The van der Waals surface area contributed by atoms with Crippen molar-refractivity contribution in [2.24, 2.45) is 0 Å². The van der Waals surface area contributed by atoms with Crippen molar-refractivity contribution in [1.29, 1.82) is 0 Å². The number of hydrogen-bond acceptors (Lipinski definition) is 3. The highest BCUT2D eigenvalue weighted by atomic mass is 16.4. The third-order valence-corrected chi connectivity index (χ3v) is 2.45. The summed E-state index contributed by atoms with van der Waals surface area (Å²) >= 11 is 0. The minimum absolute atomic E-state index is 0.128. The van der Waals surface area contributed by atoms with Crippen molar-refractivity contribution in [2.45, 2.75) is 12.5 Å². The summed E-state index contributed by atoms with van der Waals surface area (Å²) in [4.78, 5) is 21.1. The molecule has 0 aliphatic rings. The molecule has 5 heteroatoms. The van der Waals surface area contributed by atoms with Crippen LogP contribution < -0.4 is 5.32 Å². The molecular weight excluding hydrogens is 222 g/mol. The minimum atomic E-state index is -1.09. The van der Waals surface area contributed by atoms with Crippen LogP contribution in [0.4, 0.5) is 0 Å². The number of benzene rings is 1. The quantitative estimate of drug-likeness (QED) is 0.760. The van der Waals surface area contributed by atoms with Gasteiger partial charge in [0.15, 0.2) is 0 Å². The van der Waals surface area contributed by atoms with Crippen molar-refractivity contribution in [2.75, 3.05) is 0 Å². The average molecular weight is 233 g/mol. The molecule has 17 heavy (non-hydrogen) atoms. The van der Waals surface area contributed by atoms with Crippen molar-refractivity contribution < 1.29 is 19.1 Å². The molecule has 1 unspecified atom stereocenters. The Morgan fingerprint density at radius 2 is 2.24 bits per heavy atom. The molecule has 88 valence electrons. The highest BCUT2D eigenvalue weighted by Crippen LogP contribution is 2.19. The lowest BCUT2D eigenvalue weighted by atomic mass is 10.1. The highest BCUT2D eigenvalue weighted by Gasteiger charge is 2.18. The number of carbonyl (C=O) groups excluding carboxylic acids is 1. The molecule has 0 spiro atoms. The van der Waals surface area contributed by atoms with Crippen molar-refractivity contribution in [1.82, 2.24) is 5.32 Å². The highest BCUT2D eigenvalue weighted by molar-refractivity contribution is 5.79. The maximum atomic E-state index is 10.8. The van der Waals surface area contributed by atoms with Crippen LogP contribution in [0.25, 0.3) is 11.0 Å². The molecule has 1 amide bonds. The molecular formula is C12H11NO4. The van der Waals surface area contributed by atoms with Gasteiger partial charge in [0, 0.05) is 11.8 Å². The summed E-state index contributed by atoms with van der Waals surface area (Å²) in [5.74, 6) is -0.550. The summed E-state index contributed by atoms with van der Waals surface area (Å²) in [6, 6.07) is 8.21. The number of aliphatic carboxylic acids is 1. The van der Waals surface area contributed by atoms with Gasteiger partial charge in [-0.1, -0.05) is 18.2 Å². The van der Waals surface area contributed by atoms with Gasteiger partial charge in [0.2, 0.25) is 6.41 Å². The zero-order chi connectivity index (χ0) is 12.3. The molecule has 5 nitrogen and oxygen atoms in total. The predicted molar refractivity (Wildman–Crippen MR) is 60.5 cm³/mol. The lowest BCUT2D eigenvalue weighted by molar-refractivity contribution is -0.140. The predicted octanol–water partition coefficient (Wildman–Crippen LogP) is 1.17. The summed E-state index contributed by atoms with van der Waals surface area (Å²) in [6.45, 7) is 0. The second kappa shape index (κ2) is 4.69. The number of furan rings is 1. The monoisotopic (exact) mass is 233 g/mol. The number of rotatable bonds is 5. The first-order valence-corrected chi connectivity index (χ1v) is 5.10. The first-order valence-electron chi connectivity index (χ1n) is 5.10. The number of para-hydroxylation sites is 1. The van der Waals surface area contributed by atoms with Crippen LogP contribution >= 0.6 is 0 Å². The number of carboxylic acid groups (broad SMARTS) is 1. The third kappa shape index (κ3) is 2.44. The lowest BCUT2D eigenvalue weighted by Crippen LogP contribution is -2.37. The fourth-order valence-corrected chi connectivity index (χ4v) is 1.64. The Kier molecular flexibility index (Phi) is 3.09. The van der Waals surface area contributed by atoms with Gasteiger partial charge >= 0.3 is 5.97 Å². The van der Waals surface area contributed by atoms with Gasteiger partial charge in [-0.15, -0.1) is 0 Å². The van der Waals surface area contributed by atoms with Crippen LogP contribution in [0.2, 0.25) is 0 Å². The molecule has 0 bridgehead atoms. The van der Waals surface area contributed by atoms with Crippen LogP contribution in [0.5, 0.6) is 0 Å². The van der Waals surface area contributed by atoms with Gasteiger partial charge in [-0.2, -0.15) is 0 Å². The first-order chi connectivity index (χ1) is 8.20. The average Bonchev–Trinajstić information content (AvgIpc) is 2.70. The van der Waals surface area contributed by atoms with E-state index in [0.717, 1.165) is 5.39 Å². The van der Waals surface area contributed by atoms with Crippen molar-refractivity contribution in [3.8, 4) is 0 Å². The van der Waals surface area contributed by atoms with Crippen LogP contribution in [0.3, 0.4) is 0 Å². The molecule has 2 rings (SSSR count). The van der Waals surface area contributed by atoms with Crippen molar-refractivity contribution >= 4 is 23.3 Å². The zero-order valence-electron chi connectivity index (χ0n) is 8.92. The number of hydrogen-bond donors (Lipinski definition) is 2. The Labute approximate surface area is 97.0 Å². The number of fused-ring (bicyclic) bond motifs is 1. The SMILES string of the molecule is O=CNC(Cc1cc2ccccc2o1)C(=O)O. The Hall–Kier alpha value is -2.30. The fraction of sp³-hybridized carbons (Fsp3) is 0.167. The Bertz CT molecular complexity index is 513. The van der Waals surface area contributed by atoms with E-state index in [2.05, 4.69) is 5.32 Å². The molecule has 0 saturated heterocycles. The van der Waals surface area contributed by atoms with Gasteiger partial charge in [0.25, 0.3) is 0 Å². The van der Waals surface area contributed by atoms with Crippen LogP contribution in [0, 0.1) is 0 Å². The van der Waals surface area contributed by atoms with Crippen molar-refractivity contribution in [3.63, 3.8) is 0 Å². The molecule has 0 radical (unpaired) electrons. The lowest BCUT2D eigenvalue weighted by Gasteiger charge is -2.08. The Morgan fingerprint density at radius 1 is 1.47 bits per heavy atom. The molecule has 2 N–H and O–H groups in total. The molecule has 0 saturated carbocycles. The number of carboxylic acids is 1. The van der Waals surface area contributed by atoms with E-state index in [1.54, 1.807) is 6.07 Å². The molecule has 2 aromatic rings. The summed E-state index contributed by atoms with van der Waals surface area (Å²) in [7, 11) is 0. The van der Waals surface area contributed by atoms with E-state index in [1.165, 1.54) is 0 Å². The maximum absolute atomic E-state index is 10.8. The summed E-state index contributed by atoms with van der Waals surface area (Å²) in [5.41, 5.74) is 0.706.